The van der Waals surface area contributed by atoms with Crippen molar-refractivity contribution in [3.8, 4) is 17.1 Å². The van der Waals surface area contributed by atoms with Crippen LogP contribution in [0.4, 0.5) is 0 Å². The van der Waals surface area contributed by atoms with E-state index in [2.05, 4.69) is 17.0 Å². The molecule has 0 aliphatic rings. The molecule has 6 nitrogen and oxygen atoms in total. The van der Waals surface area contributed by atoms with E-state index in [1.165, 1.54) is 0 Å². The first-order valence-corrected chi connectivity index (χ1v) is 9.10. The van der Waals surface area contributed by atoms with Crippen molar-refractivity contribution in [2.75, 3.05) is 6.61 Å². The Kier molecular flexibility index (Phi) is 5.86. The van der Waals surface area contributed by atoms with Crippen molar-refractivity contribution in [1.82, 2.24) is 14.8 Å². The topological polar surface area (TPSA) is 77.2 Å². The quantitative estimate of drug-likeness (QED) is 0.652. The maximum atomic E-state index is 11.4. The lowest BCUT2D eigenvalue weighted by Gasteiger charge is -2.09. The summed E-state index contributed by atoms with van der Waals surface area (Å²) in [5.74, 6) is -0.0220. The van der Waals surface area contributed by atoms with Gasteiger partial charge in [-0.05, 0) is 36.1 Å². The number of ether oxygens (including phenoxy) is 1. The zero-order valence-electron chi connectivity index (χ0n) is 15.6. The van der Waals surface area contributed by atoms with Crippen LogP contribution in [-0.4, -0.2) is 32.4 Å². The van der Waals surface area contributed by atoms with Gasteiger partial charge < -0.3 is 9.84 Å². The molecule has 27 heavy (non-hydrogen) atoms. The van der Waals surface area contributed by atoms with E-state index in [0.717, 1.165) is 29.8 Å². The van der Waals surface area contributed by atoms with E-state index in [4.69, 9.17) is 4.74 Å². The summed E-state index contributed by atoms with van der Waals surface area (Å²) in [5.41, 5.74) is 2.95. The molecule has 3 rings (SSSR count). The lowest BCUT2D eigenvalue weighted by Crippen LogP contribution is -2.07. The van der Waals surface area contributed by atoms with Crippen LogP contribution in [-0.2, 0) is 13.0 Å². The van der Waals surface area contributed by atoms with Crippen LogP contribution in [0.1, 0.15) is 42.0 Å². The van der Waals surface area contributed by atoms with Crippen molar-refractivity contribution in [3.63, 3.8) is 0 Å². The van der Waals surface area contributed by atoms with Gasteiger partial charge in [0.25, 0.3) is 0 Å². The molecule has 0 aliphatic heterocycles. The largest absolute Gasteiger partial charge is 0.478 e. The fourth-order valence-electron chi connectivity index (χ4n) is 2.96. The Morgan fingerprint density at radius 2 is 1.85 bits per heavy atom. The Hall–Kier alpha value is -3.15. The van der Waals surface area contributed by atoms with Gasteiger partial charge in [0, 0.05) is 6.42 Å². The molecule has 1 aromatic heterocycles. The summed E-state index contributed by atoms with van der Waals surface area (Å²) < 4.78 is 7.29. The van der Waals surface area contributed by atoms with Gasteiger partial charge in [-0.15, -0.1) is 5.10 Å². The fourth-order valence-corrected chi connectivity index (χ4v) is 2.96. The summed E-state index contributed by atoms with van der Waals surface area (Å²) in [7, 11) is 0. The number of hydrogen-bond donors (Lipinski definition) is 1. The molecule has 2 aromatic carbocycles. The van der Waals surface area contributed by atoms with E-state index < -0.39 is 5.97 Å². The molecule has 140 valence electrons. The van der Waals surface area contributed by atoms with Gasteiger partial charge in [-0.25, -0.2) is 9.48 Å². The molecule has 6 heteroatoms. The molecule has 0 fully saturated rings. The molecule has 0 atom stereocenters. The Labute approximate surface area is 158 Å². The number of aryl methyl sites for hydroxylation is 1. The number of carboxylic acid groups (broad SMARTS) is 1. The molecule has 0 saturated heterocycles. The molecule has 0 radical (unpaired) electrons. The summed E-state index contributed by atoms with van der Waals surface area (Å²) in [6.07, 6.45) is 1.82. The minimum atomic E-state index is -0.926. The number of rotatable bonds is 8. The number of aromatic nitrogens is 3. The first-order chi connectivity index (χ1) is 13.1. The molecule has 1 N–H and O–H groups in total. The zero-order valence-corrected chi connectivity index (χ0v) is 15.6. The maximum Gasteiger partial charge on any atom is 0.336 e. The van der Waals surface area contributed by atoms with E-state index in [-0.39, 0.29) is 0 Å². The molecule has 0 aliphatic carbocycles. The number of carboxylic acids is 1. The first-order valence-electron chi connectivity index (χ1n) is 9.10. The Bertz CT molecular complexity index is 917. The Morgan fingerprint density at radius 1 is 1.11 bits per heavy atom. The highest BCUT2D eigenvalue weighted by Crippen LogP contribution is 2.24. The van der Waals surface area contributed by atoms with Crippen molar-refractivity contribution in [2.45, 2.75) is 33.2 Å². The SMILES string of the molecule is CCCc1nc(OCC)nn1Cc1ccc(-c2ccccc2C(=O)O)cc1. The molecule has 0 unspecified atom stereocenters. The highest BCUT2D eigenvalue weighted by atomic mass is 16.5. The number of benzene rings is 2. The number of carbonyl (C=O) groups is 1. The molecule has 1 heterocycles. The highest BCUT2D eigenvalue weighted by Gasteiger charge is 2.12. The molecular weight excluding hydrogens is 342 g/mol. The molecule has 0 spiro atoms. The second-order valence-corrected chi connectivity index (χ2v) is 6.20. The molecular formula is C21H23N3O3. The third-order valence-corrected chi connectivity index (χ3v) is 4.23. The third kappa shape index (κ3) is 4.34. The van der Waals surface area contributed by atoms with Crippen molar-refractivity contribution in [2.24, 2.45) is 0 Å². The van der Waals surface area contributed by atoms with Crippen LogP contribution >= 0.6 is 0 Å². The Balaban J connectivity index is 1.84. The van der Waals surface area contributed by atoms with Gasteiger partial charge in [0.1, 0.15) is 5.82 Å². The van der Waals surface area contributed by atoms with Crippen LogP contribution in [0.25, 0.3) is 11.1 Å². The zero-order chi connectivity index (χ0) is 19.2. The van der Waals surface area contributed by atoms with Crippen molar-refractivity contribution in [3.05, 3.63) is 65.5 Å². The first kappa shape index (κ1) is 18.6. The standard InChI is InChI=1S/C21H23N3O3/c1-3-7-19-22-21(27-4-2)23-24(19)14-15-10-12-16(13-11-15)17-8-5-6-9-18(17)20(25)26/h5-6,8-13H,3-4,7,14H2,1-2H3,(H,25,26). The van der Waals surface area contributed by atoms with Crippen LogP contribution in [0.5, 0.6) is 6.01 Å². The van der Waals surface area contributed by atoms with Crippen molar-refractivity contribution < 1.29 is 14.6 Å². The van der Waals surface area contributed by atoms with Gasteiger partial charge in [0.05, 0.1) is 18.7 Å². The van der Waals surface area contributed by atoms with Gasteiger partial charge in [-0.3, -0.25) is 0 Å². The average Bonchev–Trinajstić information content (AvgIpc) is 3.04. The lowest BCUT2D eigenvalue weighted by molar-refractivity contribution is 0.0697. The van der Waals surface area contributed by atoms with E-state index in [0.29, 0.717) is 30.3 Å². The van der Waals surface area contributed by atoms with E-state index in [9.17, 15) is 9.90 Å². The molecule has 0 bridgehead atoms. The number of aromatic carboxylic acids is 1. The lowest BCUT2D eigenvalue weighted by atomic mass is 9.99. The number of nitrogens with zero attached hydrogens (tertiary/aromatic N) is 3. The normalized spacial score (nSPS) is 10.7. The van der Waals surface area contributed by atoms with Crippen molar-refractivity contribution >= 4 is 5.97 Å². The molecule has 0 amide bonds. The number of hydrogen-bond acceptors (Lipinski definition) is 4. The summed E-state index contributed by atoms with van der Waals surface area (Å²) >= 11 is 0. The third-order valence-electron chi connectivity index (χ3n) is 4.23. The minimum absolute atomic E-state index is 0.299. The van der Waals surface area contributed by atoms with Crippen LogP contribution in [0.3, 0.4) is 0 Å². The van der Waals surface area contributed by atoms with Gasteiger partial charge in [-0.2, -0.15) is 4.98 Å². The van der Waals surface area contributed by atoms with E-state index in [1.807, 2.05) is 48.0 Å². The van der Waals surface area contributed by atoms with Gasteiger partial charge in [-0.1, -0.05) is 49.4 Å². The summed E-state index contributed by atoms with van der Waals surface area (Å²) in [5, 5.41) is 13.8. The monoisotopic (exact) mass is 365 g/mol. The van der Waals surface area contributed by atoms with E-state index >= 15 is 0 Å². The van der Waals surface area contributed by atoms with Gasteiger partial charge >= 0.3 is 12.0 Å². The predicted octanol–water partition coefficient (Wildman–Crippen LogP) is 4.04. The average molecular weight is 365 g/mol. The van der Waals surface area contributed by atoms with E-state index in [1.54, 1.807) is 12.1 Å². The second kappa shape index (κ2) is 8.49. The van der Waals surface area contributed by atoms with Crippen LogP contribution in [0.2, 0.25) is 0 Å². The fraction of sp³-hybridized carbons (Fsp3) is 0.286. The van der Waals surface area contributed by atoms with Crippen LogP contribution in [0.15, 0.2) is 48.5 Å². The minimum Gasteiger partial charge on any atom is -0.478 e. The summed E-state index contributed by atoms with van der Waals surface area (Å²) in [6, 6.07) is 15.3. The highest BCUT2D eigenvalue weighted by molar-refractivity contribution is 5.95. The van der Waals surface area contributed by atoms with Crippen LogP contribution < -0.4 is 4.74 Å². The maximum absolute atomic E-state index is 11.4. The van der Waals surface area contributed by atoms with Gasteiger partial charge in [0.15, 0.2) is 0 Å². The summed E-state index contributed by atoms with van der Waals surface area (Å²) in [6.45, 7) is 5.14. The molecule has 0 saturated carbocycles. The van der Waals surface area contributed by atoms with Gasteiger partial charge in [0.2, 0.25) is 0 Å². The second-order valence-electron chi connectivity index (χ2n) is 6.20. The smallest absolute Gasteiger partial charge is 0.336 e. The van der Waals surface area contributed by atoms with Crippen LogP contribution in [0, 0.1) is 0 Å². The summed E-state index contributed by atoms with van der Waals surface area (Å²) in [4.78, 5) is 15.9. The van der Waals surface area contributed by atoms with Crippen molar-refractivity contribution in [1.29, 1.82) is 0 Å². The predicted molar refractivity (Wildman–Crippen MR) is 103 cm³/mol. The Morgan fingerprint density at radius 3 is 2.52 bits per heavy atom. The molecule has 3 aromatic rings.